The molecule has 0 atom stereocenters. The molecule has 0 radical (unpaired) electrons. The molecule has 2 rings (SSSR count). The van der Waals surface area contributed by atoms with Gasteiger partial charge in [0.05, 0.1) is 0 Å². The van der Waals surface area contributed by atoms with Crippen molar-refractivity contribution in [1.29, 1.82) is 0 Å². The smallest absolute Gasteiger partial charge is 0.00780 e. The molecule has 0 amide bonds. The topological polar surface area (TPSA) is 12.0 Å². The van der Waals surface area contributed by atoms with Crippen LogP contribution in [0.15, 0.2) is 18.2 Å². The van der Waals surface area contributed by atoms with Crippen LogP contribution in [-0.2, 0) is 5.41 Å². The fraction of sp³-hybridized carbons (Fsp3) is 0.647. The average Bonchev–Trinajstić information content (AvgIpc) is 2.75. The van der Waals surface area contributed by atoms with Crippen LogP contribution in [0.1, 0.15) is 56.2 Å². The van der Waals surface area contributed by atoms with Crippen molar-refractivity contribution in [2.75, 3.05) is 6.54 Å². The molecule has 0 bridgehead atoms. The van der Waals surface area contributed by atoms with Crippen LogP contribution in [0.4, 0.5) is 0 Å². The summed E-state index contributed by atoms with van der Waals surface area (Å²) in [5.74, 6) is 0. The Kier molecular flexibility index (Phi) is 4.11. The second-order valence-corrected chi connectivity index (χ2v) is 6.40. The molecule has 1 aliphatic rings. The highest BCUT2D eigenvalue weighted by atomic mass is 14.9. The Morgan fingerprint density at radius 3 is 2.11 bits per heavy atom. The Morgan fingerprint density at radius 1 is 1.06 bits per heavy atom. The Hall–Kier alpha value is -0.820. The highest BCUT2D eigenvalue weighted by Crippen LogP contribution is 2.41. The van der Waals surface area contributed by atoms with E-state index in [0.29, 0.717) is 11.5 Å². The van der Waals surface area contributed by atoms with Crippen LogP contribution >= 0.6 is 0 Å². The molecular formula is C17H27N. The van der Waals surface area contributed by atoms with Gasteiger partial charge in [0, 0.05) is 18.0 Å². The lowest BCUT2D eigenvalue weighted by atomic mass is 9.77. The maximum absolute atomic E-state index is 3.67. The first kappa shape index (κ1) is 13.6. The maximum atomic E-state index is 3.67. The lowest BCUT2D eigenvalue weighted by molar-refractivity contribution is 0.387. The third-order valence-corrected chi connectivity index (χ3v) is 4.24. The molecule has 100 valence electrons. The highest BCUT2D eigenvalue weighted by Gasteiger charge is 2.35. The van der Waals surface area contributed by atoms with Crippen molar-refractivity contribution in [3.05, 3.63) is 34.9 Å². The largest absolute Gasteiger partial charge is 0.314 e. The zero-order valence-corrected chi connectivity index (χ0v) is 12.3. The first-order valence-electron chi connectivity index (χ1n) is 7.34. The molecule has 1 aromatic carbocycles. The summed E-state index contributed by atoms with van der Waals surface area (Å²) in [4.78, 5) is 0. The van der Waals surface area contributed by atoms with E-state index in [9.17, 15) is 0 Å². The van der Waals surface area contributed by atoms with Gasteiger partial charge in [0.25, 0.3) is 0 Å². The third kappa shape index (κ3) is 2.95. The molecule has 1 fully saturated rings. The quantitative estimate of drug-likeness (QED) is 0.841. The minimum absolute atomic E-state index is 0.390. The summed E-state index contributed by atoms with van der Waals surface area (Å²) >= 11 is 0. The fourth-order valence-corrected chi connectivity index (χ4v) is 3.30. The molecule has 0 aliphatic heterocycles. The number of hydrogen-bond donors (Lipinski definition) is 1. The van der Waals surface area contributed by atoms with Gasteiger partial charge in [-0.2, -0.15) is 0 Å². The van der Waals surface area contributed by atoms with Crippen LogP contribution in [0.3, 0.4) is 0 Å². The zero-order valence-electron chi connectivity index (χ0n) is 12.3. The average molecular weight is 245 g/mol. The van der Waals surface area contributed by atoms with E-state index in [1.807, 2.05) is 0 Å². The predicted molar refractivity (Wildman–Crippen MR) is 79.2 cm³/mol. The van der Waals surface area contributed by atoms with Crippen LogP contribution in [0.2, 0.25) is 0 Å². The minimum Gasteiger partial charge on any atom is -0.314 e. The van der Waals surface area contributed by atoms with Gasteiger partial charge in [0.2, 0.25) is 0 Å². The van der Waals surface area contributed by atoms with Crippen molar-refractivity contribution < 1.29 is 0 Å². The van der Waals surface area contributed by atoms with Gasteiger partial charge in [-0.05, 0) is 32.3 Å². The summed E-state index contributed by atoms with van der Waals surface area (Å²) in [6.45, 7) is 10.0. The normalized spacial score (nSPS) is 18.5. The van der Waals surface area contributed by atoms with Crippen LogP contribution < -0.4 is 5.32 Å². The molecule has 0 heterocycles. The summed E-state index contributed by atoms with van der Waals surface area (Å²) in [6, 6.07) is 7.66. The molecule has 1 aromatic rings. The number of hydrogen-bond acceptors (Lipinski definition) is 1. The fourth-order valence-electron chi connectivity index (χ4n) is 3.30. The van der Waals surface area contributed by atoms with Crippen LogP contribution in [-0.4, -0.2) is 12.6 Å². The summed E-state index contributed by atoms with van der Waals surface area (Å²) < 4.78 is 0. The van der Waals surface area contributed by atoms with Gasteiger partial charge in [-0.25, -0.2) is 0 Å². The summed E-state index contributed by atoms with van der Waals surface area (Å²) in [5.41, 5.74) is 4.76. The van der Waals surface area contributed by atoms with Crippen LogP contribution in [0.25, 0.3) is 0 Å². The van der Waals surface area contributed by atoms with E-state index in [0.717, 1.165) is 6.54 Å². The number of nitrogens with one attached hydrogen (secondary N) is 1. The zero-order chi connectivity index (χ0) is 13.2. The first-order chi connectivity index (χ1) is 8.52. The molecule has 0 spiro atoms. The van der Waals surface area contributed by atoms with Crippen molar-refractivity contribution in [3.63, 3.8) is 0 Å². The lowest BCUT2D eigenvalue weighted by Crippen LogP contribution is -2.39. The molecule has 0 unspecified atom stereocenters. The summed E-state index contributed by atoms with van der Waals surface area (Å²) in [5, 5.41) is 3.67. The summed E-state index contributed by atoms with van der Waals surface area (Å²) in [7, 11) is 0. The van der Waals surface area contributed by atoms with Gasteiger partial charge in [-0.1, -0.05) is 56.0 Å². The van der Waals surface area contributed by atoms with Gasteiger partial charge in [0.1, 0.15) is 0 Å². The van der Waals surface area contributed by atoms with Gasteiger partial charge in [0.15, 0.2) is 0 Å². The monoisotopic (exact) mass is 245 g/mol. The van der Waals surface area contributed by atoms with Crippen molar-refractivity contribution >= 4 is 0 Å². The van der Waals surface area contributed by atoms with Crippen LogP contribution in [0, 0.1) is 13.8 Å². The van der Waals surface area contributed by atoms with Gasteiger partial charge in [-0.3, -0.25) is 0 Å². The predicted octanol–water partition coefficient (Wildman–Crippen LogP) is 4.11. The molecule has 1 saturated carbocycles. The minimum atomic E-state index is 0.390. The molecule has 1 N–H and O–H groups in total. The van der Waals surface area contributed by atoms with E-state index in [-0.39, 0.29) is 0 Å². The molecule has 18 heavy (non-hydrogen) atoms. The van der Waals surface area contributed by atoms with E-state index in [1.54, 1.807) is 5.56 Å². The van der Waals surface area contributed by atoms with Crippen LogP contribution in [0.5, 0.6) is 0 Å². The lowest BCUT2D eigenvalue weighted by Gasteiger charge is -2.32. The molecule has 1 aliphatic carbocycles. The van der Waals surface area contributed by atoms with Crippen molar-refractivity contribution in [2.45, 2.75) is 64.8 Å². The molecule has 0 aromatic heterocycles. The second-order valence-electron chi connectivity index (χ2n) is 6.40. The molecule has 0 saturated heterocycles. The molecular weight excluding hydrogens is 218 g/mol. The maximum Gasteiger partial charge on any atom is 0.00780 e. The first-order valence-corrected chi connectivity index (χ1v) is 7.34. The van der Waals surface area contributed by atoms with Gasteiger partial charge >= 0.3 is 0 Å². The van der Waals surface area contributed by atoms with Gasteiger partial charge < -0.3 is 5.32 Å². The molecule has 1 nitrogen and oxygen atoms in total. The van der Waals surface area contributed by atoms with Crippen molar-refractivity contribution in [3.8, 4) is 0 Å². The second kappa shape index (κ2) is 5.44. The van der Waals surface area contributed by atoms with E-state index in [1.165, 1.54) is 36.8 Å². The SMILES string of the molecule is Cc1cc(C)cc(C2(CNC(C)C)CCCC2)c1. The van der Waals surface area contributed by atoms with E-state index in [4.69, 9.17) is 0 Å². The number of benzene rings is 1. The van der Waals surface area contributed by atoms with Crippen molar-refractivity contribution in [2.24, 2.45) is 0 Å². The molecule has 1 heteroatoms. The van der Waals surface area contributed by atoms with E-state index < -0.39 is 0 Å². The standard InChI is InChI=1S/C17H27N/c1-13(2)18-12-17(7-5-6-8-17)16-10-14(3)9-15(4)11-16/h9-11,13,18H,5-8,12H2,1-4H3. The Balaban J connectivity index is 2.28. The van der Waals surface area contributed by atoms with E-state index >= 15 is 0 Å². The highest BCUT2D eigenvalue weighted by molar-refractivity contribution is 5.35. The third-order valence-electron chi connectivity index (χ3n) is 4.24. The van der Waals surface area contributed by atoms with E-state index in [2.05, 4.69) is 51.2 Å². The summed E-state index contributed by atoms with van der Waals surface area (Å²) in [6.07, 6.45) is 5.45. The van der Waals surface area contributed by atoms with Crippen molar-refractivity contribution in [1.82, 2.24) is 5.32 Å². The number of aryl methyl sites for hydroxylation is 2. The van der Waals surface area contributed by atoms with Gasteiger partial charge in [-0.15, -0.1) is 0 Å². The number of rotatable bonds is 4. The Labute approximate surface area is 112 Å². The Morgan fingerprint density at radius 2 is 1.61 bits per heavy atom. The Bertz CT molecular complexity index is 380.